The first-order valence-corrected chi connectivity index (χ1v) is 10.2. The molecule has 3 heterocycles. The van der Waals surface area contributed by atoms with E-state index in [4.69, 9.17) is 4.74 Å². The summed E-state index contributed by atoms with van der Waals surface area (Å²) in [6.07, 6.45) is 6.39. The molecule has 1 unspecified atom stereocenters. The van der Waals surface area contributed by atoms with Gasteiger partial charge in [-0.1, -0.05) is 6.07 Å². The number of imidazole rings is 1. The van der Waals surface area contributed by atoms with Crippen molar-refractivity contribution in [3.05, 3.63) is 40.6 Å². The molecule has 1 spiro atoms. The molecule has 7 nitrogen and oxygen atoms in total. The topological polar surface area (TPSA) is 87.3 Å². The fourth-order valence-corrected chi connectivity index (χ4v) is 4.52. The number of aromatic amines is 1. The minimum absolute atomic E-state index is 0.0577. The van der Waals surface area contributed by atoms with E-state index >= 15 is 0 Å². The average molecular weight is 388 g/mol. The van der Waals surface area contributed by atoms with Crippen LogP contribution >= 0.6 is 11.3 Å². The molecule has 2 N–H and O–H groups in total. The molecular formula is C19H24N4O3S. The third-order valence-electron chi connectivity index (χ3n) is 5.53. The van der Waals surface area contributed by atoms with Gasteiger partial charge in [0, 0.05) is 18.9 Å². The van der Waals surface area contributed by atoms with Gasteiger partial charge in [-0.3, -0.25) is 9.59 Å². The first-order chi connectivity index (χ1) is 13.1. The molecule has 1 saturated heterocycles. The summed E-state index contributed by atoms with van der Waals surface area (Å²) in [6.45, 7) is 2.85. The Balaban J connectivity index is 1.39. The number of ether oxygens (including phenoxy) is 1. The quantitative estimate of drug-likeness (QED) is 0.824. The predicted octanol–water partition coefficient (Wildman–Crippen LogP) is 2.50. The van der Waals surface area contributed by atoms with Crippen LogP contribution < -0.4 is 5.32 Å². The highest BCUT2D eigenvalue weighted by Gasteiger charge is 2.49. The lowest BCUT2D eigenvalue weighted by Gasteiger charge is -2.54. The number of morpholine rings is 1. The van der Waals surface area contributed by atoms with Crippen LogP contribution in [-0.4, -0.2) is 51.5 Å². The Morgan fingerprint density at radius 3 is 3.00 bits per heavy atom. The Kier molecular flexibility index (Phi) is 5.01. The number of hydrogen-bond donors (Lipinski definition) is 2. The number of amides is 2. The lowest BCUT2D eigenvalue weighted by molar-refractivity contribution is -0.141. The van der Waals surface area contributed by atoms with Gasteiger partial charge in [-0.15, -0.1) is 11.3 Å². The number of aromatic nitrogens is 2. The third kappa shape index (κ3) is 3.64. The molecule has 0 bridgehead atoms. The third-order valence-corrected chi connectivity index (χ3v) is 6.39. The molecule has 2 fully saturated rings. The largest absolute Gasteiger partial charge is 0.373 e. The zero-order chi connectivity index (χ0) is 18.9. The molecule has 2 atom stereocenters. The second-order valence-electron chi connectivity index (χ2n) is 7.37. The van der Waals surface area contributed by atoms with E-state index in [1.165, 1.54) is 11.3 Å². The van der Waals surface area contributed by atoms with E-state index in [2.05, 4.69) is 15.3 Å². The van der Waals surface area contributed by atoms with Crippen LogP contribution in [0.3, 0.4) is 0 Å². The zero-order valence-electron chi connectivity index (χ0n) is 15.3. The molecule has 4 rings (SSSR count). The highest BCUT2D eigenvalue weighted by atomic mass is 32.1. The van der Waals surface area contributed by atoms with Crippen LogP contribution in [0, 0.1) is 0 Å². The molecular weight excluding hydrogens is 364 g/mol. The van der Waals surface area contributed by atoms with Crippen molar-refractivity contribution in [1.82, 2.24) is 20.2 Å². The van der Waals surface area contributed by atoms with Gasteiger partial charge in [0.15, 0.2) is 0 Å². The number of carbonyl (C=O) groups is 2. The number of carbonyl (C=O) groups excluding carboxylic acids is 2. The van der Waals surface area contributed by atoms with Gasteiger partial charge in [0.05, 0.1) is 35.6 Å². The number of rotatable bonds is 5. The van der Waals surface area contributed by atoms with Gasteiger partial charge in [-0.2, -0.15) is 0 Å². The molecule has 27 heavy (non-hydrogen) atoms. The smallest absolute Gasteiger partial charge is 0.264 e. The monoisotopic (exact) mass is 388 g/mol. The highest BCUT2D eigenvalue weighted by molar-refractivity contribution is 7.12. The number of H-pyrrole nitrogens is 1. The second-order valence-corrected chi connectivity index (χ2v) is 8.32. The number of thiophene rings is 1. The van der Waals surface area contributed by atoms with Gasteiger partial charge in [0.1, 0.15) is 5.82 Å². The fraction of sp³-hybridized carbons (Fsp3) is 0.526. The highest BCUT2D eigenvalue weighted by Crippen LogP contribution is 2.42. The van der Waals surface area contributed by atoms with E-state index in [1.807, 2.05) is 29.3 Å². The van der Waals surface area contributed by atoms with Crippen molar-refractivity contribution in [2.45, 2.75) is 50.3 Å². The van der Waals surface area contributed by atoms with Gasteiger partial charge in [0.25, 0.3) is 5.91 Å². The fourth-order valence-electron chi connectivity index (χ4n) is 3.84. The summed E-state index contributed by atoms with van der Waals surface area (Å²) in [6, 6.07) is 3.56. The molecule has 1 aliphatic carbocycles. The van der Waals surface area contributed by atoms with Crippen LogP contribution in [0.4, 0.5) is 0 Å². The van der Waals surface area contributed by atoms with Crippen molar-refractivity contribution in [3.8, 4) is 0 Å². The van der Waals surface area contributed by atoms with Crippen molar-refractivity contribution in [1.29, 1.82) is 0 Å². The molecule has 2 amide bonds. The van der Waals surface area contributed by atoms with Crippen LogP contribution in [0.15, 0.2) is 29.9 Å². The van der Waals surface area contributed by atoms with Gasteiger partial charge in [-0.05, 0) is 37.6 Å². The molecule has 2 aliphatic rings. The van der Waals surface area contributed by atoms with Crippen LogP contribution in [0.5, 0.6) is 0 Å². The Morgan fingerprint density at radius 2 is 2.37 bits per heavy atom. The number of hydrogen-bond acceptors (Lipinski definition) is 5. The van der Waals surface area contributed by atoms with Crippen LogP contribution in [0.2, 0.25) is 0 Å². The van der Waals surface area contributed by atoms with Gasteiger partial charge in [0.2, 0.25) is 5.91 Å². The first kappa shape index (κ1) is 18.2. The molecule has 2 aromatic rings. The predicted molar refractivity (Wildman–Crippen MR) is 101 cm³/mol. The summed E-state index contributed by atoms with van der Waals surface area (Å²) >= 11 is 1.46. The van der Waals surface area contributed by atoms with Crippen LogP contribution in [0.1, 0.15) is 54.1 Å². The summed E-state index contributed by atoms with van der Waals surface area (Å²) in [5, 5.41) is 4.85. The van der Waals surface area contributed by atoms with Crippen LogP contribution in [0.25, 0.3) is 0 Å². The summed E-state index contributed by atoms with van der Waals surface area (Å²) in [5.74, 6) is 0.676. The molecule has 1 aliphatic heterocycles. The van der Waals surface area contributed by atoms with E-state index < -0.39 is 0 Å². The Bertz CT molecular complexity index is 786. The SMILES string of the molecule is C[C@@H](NC(=O)CC1CN(C(=O)c2cccs2)C2(CCC2)CO1)c1ncc[nH]1. The van der Waals surface area contributed by atoms with Gasteiger partial charge in [-0.25, -0.2) is 4.98 Å². The Labute approximate surface area is 162 Å². The molecule has 1 saturated carbocycles. The standard InChI is InChI=1S/C19H24N4O3S/c1-13(17-20-7-8-21-17)22-16(24)10-14-11-23(18(25)15-4-2-9-27-15)19(12-26-14)5-3-6-19/h2,4,7-9,13-14H,3,5-6,10-12H2,1H3,(H,20,21)(H,22,24)/t13-,14?/m1/s1. The number of nitrogens with one attached hydrogen (secondary N) is 2. The second kappa shape index (κ2) is 7.44. The minimum atomic E-state index is -0.288. The maximum absolute atomic E-state index is 13.0. The van der Waals surface area contributed by atoms with Crippen molar-refractivity contribution >= 4 is 23.2 Å². The normalized spacial score (nSPS) is 22.3. The van der Waals surface area contributed by atoms with E-state index in [0.717, 1.165) is 30.0 Å². The lowest BCUT2D eigenvalue weighted by Crippen LogP contribution is -2.65. The van der Waals surface area contributed by atoms with Crippen molar-refractivity contribution < 1.29 is 14.3 Å². The van der Waals surface area contributed by atoms with Gasteiger partial charge >= 0.3 is 0 Å². The van der Waals surface area contributed by atoms with Crippen molar-refractivity contribution in [2.24, 2.45) is 0 Å². The first-order valence-electron chi connectivity index (χ1n) is 9.33. The Hall–Kier alpha value is -2.19. The Morgan fingerprint density at radius 1 is 1.52 bits per heavy atom. The van der Waals surface area contributed by atoms with Crippen molar-refractivity contribution in [3.63, 3.8) is 0 Å². The average Bonchev–Trinajstić information content (AvgIpc) is 3.33. The maximum Gasteiger partial charge on any atom is 0.264 e. The summed E-state index contributed by atoms with van der Waals surface area (Å²) < 4.78 is 6.00. The molecule has 0 radical (unpaired) electrons. The minimum Gasteiger partial charge on any atom is -0.373 e. The van der Waals surface area contributed by atoms with Gasteiger partial charge < -0.3 is 19.9 Å². The maximum atomic E-state index is 13.0. The molecule has 8 heteroatoms. The summed E-state index contributed by atoms with van der Waals surface area (Å²) in [4.78, 5) is 35.3. The van der Waals surface area contributed by atoms with E-state index in [9.17, 15) is 9.59 Å². The van der Waals surface area contributed by atoms with E-state index in [0.29, 0.717) is 13.2 Å². The van der Waals surface area contributed by atoms with E-state index in [1.54, 1.807) is 12.4 Å². The summed E-state index contributed by atoms with van der Waals surface area (Å²) in [5.41, 5.74) is -0.185. The number of nitrogens with zero attached hydrogens (tertiary/aromatic N) is 2. The lowest BCUT2D eigenvalue weighted by atomic mass is 9.74. The van der Waals surface area contributed by atoms with E-state index in [-0.39, 0.29) is 35.9 Å². The van der Waals surface area contributed by atoms with Crippen LogP contribution in [-0.2, 0) is 9.53 Å². The van der Waals surface area contributed by atoms with Crippen molar-refractivity contribution in [2.75, 3.05) is 13.2 Å². The molecule has 0 aromatic carbocycles. The molecule has 2 aromatic heterocycles. The zero-order valence-corrected chi connectivity index (χ0v) is 16.1. The summed E-state index contributed by atoms with van der Waals surface area (Å²) in [7, 11) is 0. The molecule has 144 valence electrons.